The maximum absolute atomic E-state index is 5.37. The van der Waals surface area contributed by atoms with Crippen molar-refractivity contribution in [1.29, 1.82) is 0 Å². The van der Waals surface area contributed by atoms with Crippen LogP contribution in [0.3, 0.4) is 0 Å². The van der Waals surface area contributed by atoms with Gasteiger partial charge in [0.05, 0.1) is 4.88 Å². The zero-order valence-corrected chi connectivity index (χ0v) is 19.0. The number of rotatable bonds is 11. The first-order valence-electron chi connectivity index (χ1n) is 8.99. The minimum atomic E-state index is 0.498. The first-order chi connectivity index (χ1) is 13.1. The molecule has 7 heteroatoms. The zero-order valence-electron chi connectivity index (χ0n) is 16.6. The molecule has 0 saturated heterocycles. The summed E-state index contributed by atoms with van der Waals surface area (Å²) < 4.78 is 7.82. The van der Waals surface area contributed by atoms with E-state index < -0.39 is 0 Å². The predicted molar refractivity (Wildman–Crippen MR) is 122 cm³/mol. The molecule has 0 aliphatic carbocycles. The van der Waals surface area contributed by atoms with E-state index in [2.05, 4.69) is 58.4 Å². The lowest BCUT2D eigenvalue weighted by molar-refractivity contribution is 0.366. The van der Waals surface area contributed by atoms with Crippen LogP contribution in [0.4, 0.5) is 0 Å². The van der Waals surface area contributed by atoms with Crippen molar-refractivity contribution in [3.8, 4) is 23.0 Å². The number of thiophene rings is 1. The lowest BCUT2D eigenvalue weighted by atomic mass is 10.3. The predicted octanol–water partition coefficient (Wildman–Crippen LogP) is 6.00. The van der Waals surface area contributed by atoms with Gasteiger partial charge in [-0.15, -0.1) is 35.4 Å². The largest absolute Gasteiger partial charge is 0.339 e. The molecule has 4 nitrogen and oxygen atoms in total. The lowest BCUT2D eigenvalue weighted by Crippen LogP contribution is -2.21. The van der Waals surface area contributed by atoms with Crippen LogP contribution in [0, 0.1) is 12.3 Å². The second-order valence-corrected chi connectivity index (χ2v) is 8.85. The highest BCUT2D eigenvalue weighted by Gasteiger charge is 2.12. The summed E-state index contributed by atoms with van der Waals surface area (Å²) in [6.45, 7) is 8.26. The van der Waals surface area contributed by atoms with Gasteiger partial charge in [-0.2, -0.15) is 4.98 Å². The summed E-state index contributed by atoms with van der Waals surface area (Å²) in [5.41, 5.74) is 0. The van der Waals surface area contributed by atoms with Gasteiger partial charge in [0.2, 0.25) is 11.7 Å². The summed E-state index contributed by atoms with van der Waals surface area (Å²) >= 11 is 5.30. The van der Waals surface area contributed by atoms with Crippen LogP contribution in [0.1, 0.15) is 39.5 Å². The molecule has 148 valence electrons. The van der Waals surface area contributed by atoms with Crippen molar-refractivity contribution in [2.45, 2.75) is 45.3 Å². The summed E-state index contributed by atoms with van der Waals surface area (Å²) in [6.07, 6.45) is 12.0. The molecule has 0 aromatic carbocycles. The summed E-state index contributed by atoms with van der Waals surface area (Å²) in [5, 5.41) is 8.75. The fourth-order valence-electron chi connectivity index (χ4n) is 2.20. The highest BCUT2D eigenvalue weighted by atomic mass is 32.2. The minimum Gasteiger partial charge on any atom is -0.339 e. The molecule has 0 saturated carbocycles. The molecule has 2 rings (SSSR count). The second-order valence-electron chi connectivity index (χ2n) is 5.69. The van der Waals surface area contributed by atoms with E-state index in [9.17, 15) is 0 Å². The third-order valence-corrected chi connectivity index (χ3v) is 5.73. The van der Waals surface area contributed by atoms with Crippen LogP contribution < -0.4 is 0 Å². The van der Waals surface area contributed by atoms with Gasteiger partial charge in [0.25, 0.3) is 0 Å². The van der Waals surface area contributed by atoms with E-state index in [1.807, 2.05) is 29.5 Å². The van der Waals surface area contributed by atoms with E-state index in [-0.39, 0.29) is 0 Å². The summed E-state index contributed by atoms with van der Waals surface area (Å²) in [6, 6.07) is 4.02. The molecular weight excluding hydrogens is 394 g/mol. The van der Waals surface area contributed by atoms with Crippen LogP contribution in [-0.4, -0.2) is 39.0 Å². The molecule has 0 bridgehead atoms. The second kappa shape index (κ2) is 14.8. The van der Waals surface area contributed by atoms with Crippen LogP contribution in [0.25, 0.3) is 10.7 Å². The zero-order chi connectivity index (χ0) is 19.9. The van der Waals surface area contributed by atoms with Crippen LogP contribution in [0.15, 0.2) is 33.5 Å². The van der Waals surface area contributed by atoms with Crippen LogP contribution in [-0.2, 0) is 6.42 Å². The maximum Gasteiger partial charge on any atom is 0.227 e. The van der Waals surface area contributed by atoms with Gasteiger partial charge >= 0.3 is 0 Å². The van der Waals surface area contributed by atoms with Crippen molar-refractivity contribution in [3.05, 3.63) is 34.9 Å². The normalized spacial score (nSPS) is 12.0. The van der Waals surface area contributed by atoms with Gasteiger partial charge < -0.3 is 4.52 Å². The van der Waals surface area contributed by atoms with E-state index >= 15 is 0 Å². The Balaban J connectivity index is 0.00000114. The minimum absolute atomic E-state index is 0.498. The molecular formula is C20H29N3OS3. The molecule has 2 aromatic heterocycles. The Hall–Kier alpha value is -1.20. The highest BCUT2D eigenvalue weighted by molar-refractivity contribution is 8.01. The molecule has 0 aliphatic heterocycles. The maximum atomic E-state index is 5.37. The van der Waals surface area contributed by atoms with Gasteiger partial charge in [-0.25, -0.2) is 0 Å². The average Bonchev–Trinajstić information content (AvgIpc) is 3.32. The molecule has 27 heavy (non-hydrogen) atoms. The molecule has 0 radical (unpaired) electrons. The first kappa shape index (κ1) is 23.8. The molecule has 2 heterocycles. The van der Waals surface area contributed by atoms with Gasteiger partial charge in [-0.3, -0.25) is 4.31 Å². The first-order valence-corrected chi connectivity index (χ1v) is 12.0. The van der Waals surface area contributed by atoms with E-state index in [1.165, 1.54) is 0 Å². The van der Waals surface area contributed by atoms with Crippen molar-refractivity contribution in [2.24, 2.45) is 0 Å². The monoisotopic (exact) mass is 423 g/mol. The van der Waals surface area contributed by atoms with Crippen LogP contribution >= 0.6 is 35.0 Å². The van der Waals surface area contributed by atoms with Gasteiger partial charge in [-0.1, -0.05) is 36.2 Å². The number of thioether (sulfide) groups is 1. The number of aromatic nitrogens is 2. The molecule has 0 amide bonds. The Labute approximate surface area is 176 Å². The number of hydrogen-bond acceptors (Lipinski definition) is 7. The SMILES string of the molecule is C#CC.CCCN(CCCc1nc(-c2cccs2)no1)SC(C)/C=C\SC. The molecule has 0 aliphatic rings. The smallest absolute Gasteiger partial charge is 0.227 e. The average molecular weight is 424 g/mol. The van der Waals surface area contributed by atoms with E-state index in [4.69, 9.17) is 4.52 Å². The van der Waals surface area contributed by atoms with Crippen molar-refractivity contribution < 1.29 is 4.52 Å². The Morgan fingerprint density at radius 3 is 2.85 bits per heavy atom. The quantitative estimate of drug-likeness (QED) is 0.326. The van der Waals surface area contributed by atoms with Crippen molar-refractivity contribution in [3.63, 3.8) is 0 Å². The topological polar surface area (TPSA) is 42.2 Å². The van der Waals surface area contributed by atoms with Gasteiger partial charge in [0, 0.05) is 24.8 Å². The summed E-state index contributed by atoms with van der Waals surface area (Å²) in [4.78, 5) is 5.55. The van der Waals surface area contributed by atoms with Crippen LogP contribution in [0.2, 0.25) is 0 Å². The number of nitrogens with zero attached hydrogens (tertiary/aromatic N) is 3. The van der Waals surface area contributed by atoms with Crippen molar-refractivity contribution in [1.82, 2.24) is 14.4 Å². The van der Waals surface area contributed by atoms with Crippen molar-refractivity contribution in [2.75, 3.05) is 19.3 Å². The number of hydrogen-bond donors (Lipinski definition) is 0. The molecule has 0 spiro atoms. The van der Waals surface area contributed by atoms with E-state index in [0.29, 0.717) is 11.1 Å². The Kier molecular flexibility index (Phi) is 13.1. The van der Waals surface area contributed by atoms with E-state index in [1.54, 1.807) is 30.0 Å². The van der Waals surface area contributed by atoms with Gasteiger partial charge in [0.1, 0.15) is 0 Å². The summed E-state index contributed by atoms with van der Waals surface area (Å²) in [7, 11) is 0. The van der Waals surface area contributed by atoms with E-state index in [0.717, 1.165) is 43.1 Å². The molecule has 2 aromatic rings. The number of terminal acetylenes is 1. The molecule has 0 fully saturated rings. The molecule has 1 unspecified atom stereocenters. The van der Waals surface area contributed by atoms with Crippen LogP contribution in [0.5, 0.6) is 0 Å². The fourth-order valence-corrected chi connectivity index (χ4v) is 4.48. The Morgan fingerprint density at radius 2 is 2.22 bits per heavy atom. The van der Waals surface area contributed by atoms with Gasteiger partial charge in [0.15, 0.2) is 0 Å². The molecule has 0 N–H and O–H groups in total. The third-order valence-electron chi connectivity index (χ3n) is 3.28. The standard InChI is InChI=1S/C17H25N3OS3.C3H4/c1-4-10-20(24-14(2)9-13-22-3)11-5-8-16-18-17(19-21-16)15-7-6-12-23-15;1-3-2/h6-7,9,12-14H,4-5,8,10-11H2,1-3H3;1H,2H3/b13-9-;. The fraction of sp³-hybridized carbons (Fsp3) is 0.500. The molecule has 1 atom stereocenters. The third kappa shape index (κ3) is 10.1. The van der Waals surface area contributed by atoms with Crippen molar-refractivity contribution >= 4 is 35.0 Å². The number of aryl methyl sites for hydroxylation is 1. The lowest BCUT2D eigenvalue weighted by Gasteiger charge is -2.22. The summed E-state index contributed by atoms with van der Waals surface area (Å²) in [5.74, 6) is 3.69. The Bertz CT molecular complexity index is 677. The Morgan fingerprint density at radius 1 is 1.44 bits per heavy atom. The highest BCUT2D eigenvalue weighted by Crippen LogP contribution is 2.22. The van der Waals surface area contributed by atoms with Gasteiger partial charge in [-0.05, 0) is 49.8 Å².